The summed E-state index contributed by atoms with van der Waals surface area (Å²) in [5, 5.41) is 20.4. The summed E-state index contributed by atoms with van der Waals surface area (Å²) < 4.78 is 0. The Morgan fingerprint density at radius 1 is 1.26 bits per heavy atom. The predicted octanol–water partition coefficient (Wildman–Crippen LogP) is 1.58. The molecule has 1 aromatic carbocycles. The highest BCUT2D eigenvalue weighted by Crippen LogP contribution is 2.17. The Morgan fingerprint density at radius 2 is 2.00 bits per heavy atom. The summed E-state index contributed by atoms with van der Waals surface area (Å²) in [5.41, 5.74) is 0.990. The molecule has 0 bridgehead atoms. The molecule has 1 heterocycles. The molecule has 0 aliphatic carbocycles. The third-order valence-corrected chi connectivity index (χ3v) is 3.85. The van der Waals surface area contributed by atoms with Gasteiger partial charge in [-0.3, -0.25) is 9.59 Å². The molecular weight excluding hydrogens is 292 g/mol. The molecule has 0 aromatic heterocycles. The van der Waals surface area contributed by atoms with Gasteiger partial charge >= 0.3 is 0 Å². The Balaban J connectivity index is 1.72. The molecule has 0 saturated carbocycles. The topological polar surface area (TPSA) is 97.0 Å². The second-order valence-electron chi connectivity index (χ2n) is 5.42. The van der Waals surface area contributed by atoms with E-state index in [1.54, 1.807) is 29.2 Å². The molecule has 1 N–H and O–H groups in total. The molecule has 1 aliphatic rings. The fraction of sp³-hybridized carbons (Fsp3) is 0.412. The van der Waals surface area contributed by atoms with Crippen LogP contribution in [0.25, 0.3) is 0 Å². The monoisotopic (exact) mass is 310 g/mol. The lowest BCUT2D eigenvalue weighted by atomic mass is 10.1. The Kier molecular flexibility index (Phi) is 5.71. The second-order valence-corrected chi connectivity index (χ2v) is 5.42. The second kappa shape index (κ2) is 7.95. The SMILES string of the molecule is N#Cc1ccc(C(=O)NCCCC(=O)N2CCC[C@H]2C#N)cc1. The number of carbonyl (C=O) groups is 2. The molecule has 2 amide bonds. The van der Waals surface area contributed by atoms with Crippen molar-refractivity contribution in [2.75, 3.05) is 13.1 Å². The summed E-state index contributed by atoms with van der Waals surface area (Å²) in [4.78, 5) is 25.6. The van der Waals surface area contributed by atoms with E-state index in [2.05, 4.69) is 11.4 Å². The minimum absolute atomic E-state index is 0.0262. The van der Waals surface area contributed by atoms with Gasteiger partial charge in [-0.15, -0.1) is 0 Å². The third kappa shape index (κ3) is 4.31. The smallest absolute Gasteiger partial charge is 0.251 e. The van der Waals surface area contributed by atoms with E-state index in [9.17, 15) is 9.59 Å². The Hall–Kier alpha value is -2.86. The number of benzene rings is 1. The van der Waals surface area contributed by atoms with Gasteiger partial charge in [-0.05, 0) is 43.5 Å². The van der Waals surface area contributed by atoms with Gasteiger partial charge in [0.05, 0.1) is 17.7 Å². The normalized spacial score (nSPS) is 16.4. The van der Waals surface area contributed by atoms with Crippen LogP contribution in [0.1, 0.15) is 41.6 Å². The van der Waals surface area contributed by atoms with Crippen LogP contribution in [-0.2, 0) is 4.79 Å². The number of hydrogen-bond donors (Lipinski definition) is 1. The molecule has 1 fully saturated rings. The molecule has 2 rings (SSSR count). The van der Waals surface area contributed by atoms with Gasteiger partial charge in [-0.1, -0.05) is 0 Å². The zero-order valence-electron chi connectivity index (χ0n) is 12.8. The first-order valence-electron chi connectivity index (χ1n) is 7.63. The van der Waals surface area contributed by atoms with Crippen molar-refractivity contribution in [1.29, 1.82) is 10.5 Å². The first-order valence-corrected chi connectivity index (χ1v) is 7.63. The van der Waals surface area contributed by atoms with Crippen LogP contribution in [0.2, 0.25) is 0 Å². The molecule has 23 heavy (non-hydrogen) atoms. The van der Waals surface area contributed by atoms with Crippen LogP contribution in [0, 0.1) is 22.7 Å². The van der Waals surface area contributed by atoms with Gasteiger partial charge in [-0.2, -0.15) is 10.5 Å². The number of carbonyl (C=O) groups excluding carboxylic acids is 2. The number of hydrogen-bond acceptors (Lipinski definition) is 4. The van der Waals surface area contributed by atoms with Gasteiger partial charge in [-0.25, -0.2) is 0 Å². The number of nitriles is 2. The quantitative estimate of drug-likeness (QED) is 0.835. The van der Waals surface area contributed by atoms with Crippen molar-refractivity contribution in [2.45, 2.75) is 31.7 Å². The van der Waals surface area contributed by atoms with E-state index >= 15 is 0 Å². The molecule has 6 heteroatoms. The lowest BCUT2D eigenvalue weighted by Crippen LogP contribution is -2.35. The maximum Gasteiger partial charge on any atom is 0.251 e. The Bertz CT molecular complexity index is 655. The minimum Gasteiger partial charge on any atom is -0.352 e. The van der Waals surface area contributed by atoms with Crippen LogP contribution >= 0.6 is 0 Å². The first-order chi connectivity index (χ1) is 11.2. The van der Waals surface area contributed by atoms with Gasteiger partial charge in [0, 0.05) is 25.1 Å². The number of nitrogens with one attached hydrogen (secondary N) is 1. The zero-order chi connectivity index (χ0) is 16.7. The fourth-order valence-corrected chi connectivity index (χ4v) is 2.58. The molecular formula is C17H18N4O2. The van der Waals surface area contributed by atoms with Gasteiger partial charge in [0.25, 0.3) is 5.91 Å². The van der Waals surface area contributed by atoms with Crippen LogP contribution in [0.4, 0.5) is 0 Å². The van der Waals surface area contributed by atoms with E-state index in [-0.39, 0.29) is 17.9 Å². The van der Waals surface area contributed by atoms with E-state index in [0.29, 0.717) is 37.1 Å². The standard InChI is InChI=1S/C17H18N4O2/c18-11-13-5-7-14(8-6-13)17(23)20-9-1-4-16(22)21-10-2-3-15(21)12-19/h5-8,15H,1-4,9-10H2,(H,20,23)/t15-/m0/s1. The summed E-state index contributed by atoms with van der Waals surface area (Å²) >= 11 is 0. The zero-order valence-corrected chi connectivity index (χ0v) is 12.8. The van der Waals surface area contributed by atoms with Crippen molar-refractivity contribution in [2.24, 2.45) is 0 Å². The molecule has 0 radical (unpaired) electrons. The Morgan fingerprint density at radius 3 is 2.65 bits per heavy atom. The van der Waals surface area contributed by atoms with Crippen molar-refractivity contribution >= 4 is 11.8 Å². The number of rotatable bonds is 5. The predicted molar refractivity (Wildman–Crippen MR) is 83.1 cm³/mol. The average molecular weight is 310 g/mol. The van der Waals surface area contributed by atoms with Crippen molar-refractivity contribution in [3.63, 3.8) is 0 Å². The minimum atomic E-state index is -0.296. The van der Waals surface area contributed by atoms with Crippen LogP contribution in [-0.4, -0.2) is 35.8 Å². The van der Waals surface area contributed by atoms with Crippen LogP contribution < -0.4 is 5.32 Å². The van der Waals surface area contributed by atoms with E-state index in [0.717, 1.165) is 12.8 Å². The van der Waals surface area contributed by atoms with Crippen LogP contribution in [0.5, 0.6) is 0 Å². The summed E-state index contributed by atoms with van der Waals surface area (Å²) in [6, 6.07) is 10.2. The number of likely N-dealkylation sites (tertiary alicyclic amines) is 1. The molecule has 118 valence electrons. The highest BCUT2D eigenvalue weighted by atomic mass is 16.2. The van der Waals surface area contributed by atoms with Gasteiger partial charge in [0.2, 0.25) is 5.91 Å². The Labute approximate surface area is 135 Å². The van der Waals surface area contributed by atoms with Crippen molar-refractivity contribution < 1.29 is 9.59 Å². The van der Waals surface area contributed by atoms with Gasteiger partial charge in [0.1, 0.15) is 6.04 Å². The molecule has 0 spiro atoms. The van der Waals surface area contributed by atoms with Crippen molar-refractivity contribution in [3.8, 4) is 12.1 Å². The van der Waals surface area contributed by atoms with E-state index in [4.69, 9.17) is 10.5 Å². The molecule has 1 atom stereocenters. The summed E-state index contributed by atoms with van der Waals surface area (Å²) in [6.07, 6.45) is 2.48. The maximum absolute atomic E-state index is 12.0. The lowest BCUT2D eigenvalue weighted by molar-refractivity contribution is -0.131. The molecule has 6 nitrogen and oxygen atoms in total. The third-order valence-electron chi connectivity index (χ3n) is 3.85. The summed E-state index contributed by atoms with van der Waals surface area (Å²) in [5.74, 6) is -0.250. The van der Waals surface area contributed by atoms with E-state index in [1.807, 2.05) is 6.07 Å². The number of nitrogens with zero attached hydrogens (tertiary/aromatic N) is 3. The van der Waals surface area contributed by atoms with Crippen LogP contribution in [0.3, 0.4) is 0 Å². The lowest BCUT2D eigenvalue weighted by Gasteiger charge is -2.19. The largest absolute Gasteiger partial charge is 0.352 e. The summed E-state index contributed by atoms with van der Waals surface area (Å²) in [7, 11) is 0. The average Bonchev–Trinajstić information content (AvgIpc) is 3.07. The molecule has 1 saturated heterocycles. The van der Waals surface area contributed by atoms with E-state index < -0.39 is 0 Å². The highest BCUT2D eigenvalue weighted by molar-refractivity contribution is 5.94. The van der Waals surface area contributed by atoms with Crippen molar-refractivity contribution in [3.05, 3.63) is 35.4 Å². The van der Waals surface area contributed by atoms with Gasteiger partial charge < -0.3 is 10.2 Å². The van der Waals surface area contributed by atoms with E-state index in [1.165, 1.54) is 0 Å². The molecule has 1 aromatic rings. The molecule has 0 unspecified atom stereocenters. The highest BCUT2D eigenvalue weighted by Gasteiger charge is 2.27. The molecule has 1 aliphatic heterocycles. The van der Waals surface area contributed by atoms with Gasteiger partial charge in [0.15, 0.2) is 0 Å². The fourth-order valence-electron chi connectivity index (χ4n) is 2.58. The first kappa shape index (κ1) is 16.5. The van der Waals surface area contributed by atoms with Crippen LogP contribution in [0.15, 0.2) is 24.3 Å². The number of amides is 2. The summed E-state index contributed by atoms with van der Waals surface area (Å²) in [6.45, 7) is 1.05. The van der Waals surface area contributed by atoms with Crippen molar-refractivity contribution in [1.82, 2.24) is 10.2 Å². The maximum atomic E-state index is 12.0.